The summed E-state index contributed by atoms with van der Waals surface area (Å²) in [4.78, 5) is 13.0. The third kappa shape index (κ3) is 3.51. The number of halogens is 4. The van der Waals surface area contributed by atoms with Crippen molar-refractivity contribution in [1.29, 1.82) is 5.26 Å². The van der Waals surface area contributed by atoms with Crippen LogP contribution in [0.1, 0.15) is 5.56 Å². The van der Waals surface area contributed by atoms with E-state index in [1.54, 1.807) is 0 Å². The highest BCUT2D eigenvalue weighted by atomic mass is 19.3. The van der Waals surface area contributed by atoms with Gasteiger partial charge in [-0.15, -0.1) is 0 Å². The number of nitro groups is 1. The minimum Gasteiger partial charge on any atom is -0.363 e. The second-order valence-electron chi connectivity index (χ2n) is 3.37. The maximum Gasteiger partial charge on any atom is 0.324 e. The number of rotatable bonds is 5. The molecule has 0 aromatic carbocycles. The van der Waals surface area contributed by atoms with E-state index in [2.05, 4.69) is 4.98 Å². The zero-order valence-corrected chi connectivity index (χ0v) is 9.11. The van der Waals surface area contributed by atoms with Crippen LogP contribution in [0.5, 0.6) is 0 Å². The van der Waals surface area contributed by atoms with Gasteiger partial charge in [0.1, 0.15) is 23.6 Å². The zero-order chi connectivity index (χ0) is 14.6. The van der Waals surface area contributed by atoms with E-state index in [9.17, 15) is 27.7 Å². The Kier molecular flexibility index (Phi) is 4.21. The number of anilines is 1. The van der Waals surface area contributed by atoms with E-state index < -0.39 is 35.3 Å². The van der Waals surface area contributed by atoms with Gasteiger partial charge in [0.05, 0.1) is 11.5 Å². The van der Waals surface area contributed by atoms with Gasteiger partial charge >= 0.3 is 12.3 Å². The van der Waals surface area contributed by atoms with Gasteiger partial charge in [0.15, 0.2) is 0 Å². The van der Waals surface area contributed by atoms with E-state index in [-0.39, 0.29) is 5.56 Å². The first kappa shape index (κ1) is 14.6. The summed E-state index contributed by atoms with van der Waals surface area (Å²) in [5, 5.41) is 20.9. The second kappa shape index (κ2) is 5.47. The lowest BCUT2D eigenvalue weighted by atomic mass is 10.2. The van der Waals surface area contributed by atoms with Gasteiger partial charge in [0.25, 0.3) is 5.69 Å². The van der Waals surface area contributed by atoms with Crippen molar-refractivity contribution in [3.8, 4) is 6.07 Å². The predicted octanol–water partition coefficient (Wildman–Crippen LogP) is 2.17. The molecule has 19 heavy (non-hydrogen) atoms. The van der Waals surface area contributed by atoms with Crippen molar-refractivity contribution < 1.29 is 22.5 Å². The summed E-state index contributed by atoms with van der Waals surface area (Å²) in [6.45, 7) is -1.44. The second-order valence-corrected chi connectivity index (χ2v) is 3.37. The first-order valence-electron chi connectivity index (χ1n) is 4.72. The molecule has 1 aromatic heterocycles. The predicted molar refractivity (Wildman–Crippen MR) is 55.0 cm³/mol. The molecule has 0 radical (unpaired) electrons. The van der Waals surface area contributed by atoms with Crippen LogP contribution in [0.2, 0.25) is 0 Å². The quantitative estimate of drug-likeness (QED) is 0.506. The van der Waals surface area contributed by atoms with Gasteiger partial charge < -0.3 is 5.32 Å². The summed E-state index contributed by atoms with van der Waals surface area (Å²) in [6, 6.07) is 2.30. The van der Waals surface area contributed by atoms with Crippen molar-refractivity contribution in [2.45, 2.75) is 12.3 Å². The fraction of sp³-hybridized carbons (Fsp3) is 0.333. The standard InChI is InChI=1S/C9H6F4N4O2/c10-8(11)9(12,13)4-16-7-5(2-14)1-6(3-15-7)17(18)19/h1,3,8H,4H2,(H,15,16). The molecule has 0 spiro atoms. The van der Waals surface area contributed by atoms with E-state index in [1.165, 1.54) is 6.07 Å². The number of alkyl halides is 4. The van der Waals surface area contributed by atoms with Gasteiger partial charge in [0, 0.05) is 6.07 Å². The Hall–Kier alpha value is -2.44. The van der Waals surface area contributed by atoms with E-state index in [0.717, 1.165) is 12.3 Å². The highest BCUT2D eigenvalue weighted by molar-refractivity contribution is 5.55. The lowest BCUT2D eigenvalue weighted by molar-refractivity contribution is -0.385. The summed E-state index contributed by atoms with van der Waals surface area (Å²) in [7, 11) is 0. The minimum atomic E-state index is -4.30. The van der Waals surface area contributed by atoms with E-state index in [1.807, 2.05) is 5.32 Å². The molecule has 0 aliphatic heterocycles. The van der Waals surface area contributed by atoms with Gasteiger partial charge in [-0.3, -0.25) is 10.1 Å². The third-order valence-electron chi connectivity index (χ3n) is 2.02. The number of pyridine rings is 1. The van der Waals surface area contributed by atoms with Crippen molar-refractivity contribution in [3.05, 3.63) is 27.9 Å². The van der Waals surface area contributed by atoms with Crippen molar-refractivity contribution in [3.63, 3.8) is 0 Å². The topological polar surface area (TPSA) is 91.8 Å². The van der Waals surface area contributed by atoms with Crippen molar-refractivity contribution in [2.75, 3.05) is 11.9 Å². The van der Waals surface area contributed by atoms with Crippen molar-refractivity contribution in [2.24, 2.45) is 0 Å². The molecule has 0 atom stereocenters. The Labute approximate surface area is 103 Å². The molecule has 0 amide bonds. The molecular formula is C9H6F4N4O2. The molecule has 102 valence electrons. The number of hydrogen-bond acceptors (Lipinski definition) is 5. The average Bonchev–Trinajstić information content (AvgIpc) is 2.35. The zero-order valence-electron chi connectivity index (χ0n) is 9.11. The molecular weight excluding hydrogens is 272 g/mol. The molecule has 0 fully saturated rings. The van der Waals surface area contributed by atoms with E-state index in [0.29, 0.717) is 0 Å². The van der Waals surface area contributed by atoms with Gasteiger partial charge in [-0.1, -0.05) is 0 Å². The maximum atomic E-state index is 12.6. The number of hydrogen-bond donors (Lipinski definition) is 1. The SMILES string of the molecule is N#Cc1cc([N+](=O)[O-])cnc1NCC(F)(F)C(F)F. The van der Waals surface area contributed by atoms with Gasteiger partial charge in [-0.2, -0.15) is 14.0 Å². The van der Waals surface area contributed by atoms with Crippen LogP contribution in [0, 0.1) is 21.4 Å². The molecule has 0 bridgehead atoms. The fourth-order valence-electron chi connectivity index (χ4n) is 1.06. The molecule has 0 unspecified atom stereocenters. The van der Waals surface area contributed by atoms with Crippen LogP contribution >= 0.6 is 0 Å². The Bertz CT molecular complexity index is 529. The summed E-state index contributed by atoms with van der Waals surface area (Å²) in [6.07, 6.45) is -3.15. The van der Waals surface area contributed by atoms with Crippen LogP contribution in [0.15, 0.2) is 12.3 Å². The number of aromatic nitrogens is 1. The number of nitrogens with one attached hydrogen (secondary N) is 1. The summed E-state index contributed by atoms with van der Waals surface area (Å²) in [5.41, 5.74) is -0.901. The highest BCUT2D eigenvalue weighted by Gasteiger charge is 2.40. The van der Waals surface area contributed by atoms with E-state index in [4.69, 9.17) is 5.26 Å². The van der Waals surface area contributed by atoms with Gasteiger partial charge in [0.2, 0.25) is 0 Å². The summed E-state index contributed by atoms with van der Waals surface area (Å²) in [5.74, 6) is -4.72. The number of nitrogens with zero attached hydrogens (tertiary/aromatic N) is 3. The molecule has 6 nitrogen and oxygen atoms in total. The van der Waals surface area contributed by atoms with Crippen LogP contribution in [0.3, 0.4) is 0 Å². The molecule has 10 heteroatoms. The summed E-state index contributed by atoms with van der Waals surface area (Å²) < 4.78 is 49.1. The smallest absolute Gasteiger partial charge is 0.324 e. The largest absolute Gasteiger partial charge is 0.363 e. The molecule has 1 aromatic rings. The van der Waals surface area contributed by atoms with Crippen LogP contribution in [0.25, 0.3) is 0 Å². The van der Waals surface area contributed by atoms with Crippen molar-refractivity contribution >= 4 is 11.5 Å². The third-order valence-corrected chi connectivity index (χ3v) is 2.02. The van der Waals surface area contributed by atoms with Crippen LogP contribution < -0.4 is 5.32 Å². The fourth-order valence-corrected chi connectivity index (χ4v) is 1.06. The molecule has 1 rings (SSSR count). The maximum absolute atomic E-state index is 12.6. The Morgan fingerprint density at radius 3 is 2.68 bits per heavy atom. The molecule has 0 saturated carbocycles. The molecule has 0 saturated heterocycles. The molecule has 1 N–H and O–H groups in total. The minimum absolute atomic E-state index is 0.390. The van der Waals surface area contributed by atoms with Crippen LogP contribution in [-0.4, -0.2) is 28.8 Å². The monoisotopic (exact) mass is 278 g/mol. The van der Waals surface area contributed by atoms with Crippen molar-refractivity contribution in [1.82, 2.24) is 4.98 Å². The molecule has 0 aliphatic rings. The van der Waals surface area contributed by atoms with Crippen LogP contribution in [-0.2, 0) is 0 Å². The Morgan fingerprint density at radius 1 is 1.58 bits per heavy atom. The average molecular weight is 278 g/mol. The van der Waals surface area contributed by atoms with Gasteiger partial charge in [-0.05, 0) is 0 Å². The van der Waals surface area contributed by atoms with E-state index >= 15 is 0 Å². The Morgan fingerprint density at radius 2 is 2.21 bits per heavy atom. The number of nitriles is 1. The lowest BCUT2D eigenvalue weighted by Gasteiger charge is -2.16. The lowest BCUT2D eigenvalue weighted by Crippen LogP contribution is -2.35. The molecule has 0 aliphatic carbocycles. The highest BCUT2D eigenvalue weighted by Crippen LogP contribution is 2.24. The van der Waals surface area contributed by atoms with Crippen LogP contribution in [0.4, 0.5) is 29.1 Å². The normalized spacial score (nSPS) is 11.2. The Balaban J connectivity index is 2.91. The van der Waals surface area contributed by atoms with Gasteiger partial charge in [-0.25, -0.2) is 13.8 Å². The first-order chi connectivity index (χ1) is 8.77. The summed E-state index contributed by atoms with van der Waals surface area (Å²) >= 11 is 0. The first-order valence-corrected chi connectivity index (χ1v) is 4.72. The molecule has 1 heterocycles.